The molecule has 0 aromatic heterocycles. The van der Waals surface area contributed by atoms with Crippen LogP contribution in [-0.2, 0) is 6.42 Å². The van der Waals surface area contributed by atoms with E-state index in [4.69, 9.17) is 4.74 Å². The average molecular weight is 480 g/mol. The Labute approximate surface area is 207 Å². The summed E-state index contributed by atoms with van der Waals surface area (Å²) >= 11 is 0. The number of rotatable bonds is 6. The van der Waals surface area contributed by atoms with Crippen molar-refractivity contribution < 1.29 is 4.74 Å². The van der Waals surface area contributed by atoms with Crippen LogP contribution in [0.4, 0.5) is 0 Å². The number of nitrogens with zero attached hydrogens (tertiary/aromatic N) is 2. The molecule has 2 fully saturated rings. The van der Waals surface area contributed by atoms with Crippen molar-refractivity contribution in [3.8, 4) is 5.75 Å². The molecule has 3 nitrogen and oxygen atoms in total. The van der Waals surface area contributed by atoms with Crippen LogP contribution in [0.5, 0.6) is 5.75 Å². The number of piperazine rings is 1. The lowest BCUT2D eigenvalue weighted by molar-refractivity contribution is 0.0595. The SMILES string of the molecule is COc1cccc(CC(c2ccccc2)N2CCN(C3CCCCCCC3)CC2)c1.Cl.Cl. The molecule has 2 aromatic carbocycles. The first kappa shape index (κ1) is 27.0. The van der Waals surface area contributed by atoms with E-state index in [0.29, 0.717) is 6.04 Å². The van der Waals surface area contributed by atoms with Crippen LogP contribution < -0.4 is 4.74 Å². The molecule has 1 aliphatic carbocycles. The lowest BCUT2D eigenvalue weighted by Gasteiger charge is -2.43. The molecular formula is C27H40Cl2N2O. The lowest BCUT2D eigenvalue weighted by Crippen LogP contribution is -2.51. The molecule has 1 aliphatic heterocycles. The van der Waals surface area contributed by atoms with Crippen LogP contribution in [-0.4, -0.2) is 49.1 Å². The summed E-state index contributed by atoms with van der Waals surface area (Å²) in [6.07, 6.45) is 11.0. The molecule has 1 unspecified atom stereocenters. The Morgan fingerprint density at radius 1 is 0.812 bits per heavy atom. The summed E-state index contributed by atoms with van der Waals surface area (Å²) in [7, 11) is 1.75. The molecule has 178 valence electrons. The molecule has 32 heavy (non-hydrogen) atoms. The van der Waals surface area contributed by atoms with Gasteiger partial charge in [0.25, 0.3) is 0 Å². The Morgan fingerprint density at radius 3 is 2.12 bits per heavy atom. The van der Waals surface area contributed by atoms with Gasteiger partial charge >= 0.3 is 0 Å². The Bertz CT molecular complexity index is 757. The van der Waals surface area contributed by atoms with Crippen LogP contribution in [0.25, 0.3) is 0 Å². The normalized spacial score (nSPS) is 19.7. The molecule has 0 spiro atoms. The highest BCUT2D eigenvalue weighted by atomic mass is 35.5. The molecule has 2 aromatic rings. The van der Waals surface area contributed by atoms with Crippen LogP contribution in [0, 0.1) is 0 Å². The minimum atomic E-state index is 0. The van der Waals surface area contributed by atoms with Gasteiger partial charge < -0.3 is 4.74 Å². The topological polar surface area (TPSA) is 15.7 Å². The van der Waals surface area contributed by atoms with Gasteiger partial charge in [0, 0.05) is 38.3 Å². The Balaban J connectivity index is 0.00000181. The van der Waals surface area contributed by atoms with Crippen LogP contribution in [0.15, 0.2) is 54.6 Å². The predicted octanol–water partition coefficient (Wildman–Crippen LogP) is 6.55. The highest BCUT2D eigenvalue weighted by Crippen LogP contribution is 2.29. The van der Waals surface area contributed by atoms with Gasteiger partial charge in [-0.05, 0) is 42.5 Å². The van der Waals surface area contributed by atoms with Crippen molar-refractivity contribution in [3.05, 3.63) is 65.7 Å². The monoisotopic (exact) mass is 478 g/mol. The third kappa shape index (κ3) is 7.38. The minimum absolute atomic E-state index is 0. The Morgan fingerprint density at radius 2 is 1.47 bits per heavy atom. The number of benzene rings is 2. The Kier molecular flexibility index (Phi) is 11.9. The zero-order chi connectivity index (χ0) is 20.6. The first-order valence-corrected chi connectivity index (χ1v) is 12.0. The average Bonchev–Trinajstić information content (AvgIpc) is 2.78. The molecule has 1 saturated heterocycles. The van der Waals surface area contributed by atoms with Gasteiger partial charge in [0.1, 0.15) is 5.75 Å². The Hall–Kier alpha value is -1.26. The second-order valence-electron chi connectivity index (χ2n) is 9.05. The van der Waals surface area contributed by atoms with E-state index in [2.05, 4.69) is 58.3 Å². The lowest BCUT2D eigenvalue weighted by atomic mass is 9.94. The summed E-state index contributed by atoms with van der Waals surface area (Å²) in [6, 6.07) is 20.9. The smallest absolute Gasteiger partial charge is 0.119 e. The van der Waals surface area contributed by atoms with E-state index >= 15 is 0 Å². The molecule has 0 N–H and O–H groups in total. The van der Waals surface area contributed by atoms with Crippen molar-refractivity contribution in [2.24, 2.45) is 0 Å². The summed E-state index contributed by atoms with van der Waals surface area (Å²) in [6.45, 7) is 4.76. The standard InChI is InChI=1S/C27H38N2O.2ClH/c1-30-26-16-10-11-23(21-26)22-27(24-12-6-5-7-13-24)29-19-17-28(18-20-29)25-14-8-3-2-4-9-15-25;;/h5-7,10-13,16,21,25,27H,2-4,8-9,14-15,17-20,22H2,1H3;2*1H. The van der Waals surface area contributed by atoms with Crippen molar-refractivity contribution in [1.82, 2.24) is 9.80 Å². The second-order valence-corrected chi connectivity index (χ2v) is 9.05. The van der Waals surface area contributed by atoms with Gasteiger partial charge in [-0.3, -0.25) is 9.80 Å². The van der Waals surface area contributed by atoms with Gasteiger partial charge in [-0.25, -0.2) is 0 Å². The predicted molar refractivity (Wildman–Crippen MR) is 140 cm³/mol. The van der Waals surface area contributed by atoms with Crippen LogP contribution in [0.3, 0.4) is 0 Å². The van der Waals surface area contributed by atoms with Crippen molar-refractivity contribution in [3.63, 3.8) is 0 Å². The third-order valence-electron chi connectivity index (χ3n) is 7.13. The fourth-order valence-electron chi connectivity index (χ4n) is 5.37. The van der Waals surface area contributed by atoms with Gasteiger partial charge in [0.2, 0.25) is 0 Å². The highest BCUT2D eigenvalue weighted by molar-refractivity contribution is 5.85. The maximum absolute atomic E-state index is 5.47. The molecule has 1 saturated carbocycles. The van der Waals surface area contributed by atoms with E-state index < -0.39 is 0 Å². The maximum atomic E-state index is 5.47. The summed E-state index contributed by atoms with van der Waals surface area (Å²) in [5, 5.41) is 0. The van der Waals surface area contributed by atoms with Gasteiger partial charge in [-0.15, -0.1) is 24.8 Å². The van der Waals surface area contributed by atoms with E-state index in [1.165, 1.54) is 82.3 Å². The van der Waals surface area contributed by atoms with Gasteiger partial charge in [0.15, 0.2) is 0 Å². The van der Waals surface area contributed by atoms with E-state index in [1.54, 1.807) is 7.11 Å². The summed E-state index contributed by atoms with van der Waals surface area (Å²) in [5.74, 6) is 0.952. The zero-order valence-corrected chi connectivity index (χ0v) is 21.1. The summed E-state index contributed by atoms with van der Waals surface area (Å²) in [5.41, 5.74) is 2.78. The molecule has 0 radical (unpaired) electrons. The quantitative estimate of drug-likeness (QED) is 0.467. The summed E-state index contributed by atoms with van der Waals surface area (Å²) < 4.78 is 5.47. The van der Waals surface area contributed by atoms with Gasteiger partial charge in [-0.2, -0.15) is 0 Å². The molecular weight excluding hydrogens is 439 g/mol. The number of hydrogen-bond acceptors (Lipinski definition) is 3. The van der Waals surface area contributed by atoms with E-state index in [9.17, 15) is 0 Å². The molecule has 4 rings (SSSR count). The number of hydrogen-bond donors (Lipinski definition) is 0. The van der Waals surface area contributed by atoms with Gasteiger partial charge in [-0.1, -0.05) is 74.6 Å². The second kappa shape index (κ2) is 14.1. The largest absolute Gasteiger partial charge is 0.497 e. The molecule has 0 bridgehead atoms. The summed E-state index contributed by atoms with van der Waals surface area (Å²) in [4.78, 5) is 5.52. The maximum Gasteiger partial charge on any atom is 0.119 e. The van der Waals surface area contributed by atoms with Gasteiger partial charge in [0.05, 0.1) is 7.11 Å². The molecule has 1 atom stereocenters. The van der Waals surface area contributed by atoms with Crippen molar-refractivity contribution >= 4 is 24.8 Å². The van der Waals surface area contributed by atoms with Crippen LogP contribution >= 0.6 is 24.8 Å². The molecule has 1 heterocycles. The molecule has 0 amide bonds. The number of ether oxygens (including phenoxy) is 1. The van der Waals surface area contributed by atoms with E-state index in [1.807, 2.05) is 6.07 Å². The van der Waals surface area contributed by atoms with Crippen LogP contribution in [0.1, 0.15) is 62.1 Å². The number of methoxy groups -OCH3 is 1. The molecule has 5 heteroatoms. The van der Waals surface area contributed by atoms with Crippen molar-refractivity contribution in [2.75, 3.05) is 33.3 Å². The van der Waals surface area contributed by atoms with Crippen LogP contribution in [0.2, 0.25) is 0 Å². The highest BCUT2D eigenvalue weighted by Gasteiger charge is 2.28. The van der Waals surface area contributed by atoms with E-state index in [-0.39, 0.29) is 24.8 Å². The minimum Gasteiger partial charge on any atom is -0.497 e. The first-order chi connectivity index (χ1) is 14.8. The number of halogens is 2. The molecule has 2 aliphatic rings. The van der Waals surface area contributed by atoms with E-state index in [0.717, 1.165) is 18.2 Å². The third-order valence-corrected chi connectivity index (χ3v) is 7.13. The van der Waals surface area contributed by atoms with Crippen molar-refractivity contribution in [2.45, 2.75) is 63.5 Å². The zero-order valence-electron chi connectivity index (χ0n) is 19.5. The first-order valence-electron chi connectivity index (χ1n) is 12.0. The fraction of sp³-hybridized carbons (Fsp3) is 0.556. The van der Waals surface area contributed by atoms with Crippen molar-refractivity contribution in [1.29, 1.82) is 0 Å². The fourth-order valence-corrected chi connectivity index (χ4v) is 5.37.